The molecular formula is C39H47N5O6. The van der Waals surface area contributed by atoms with Gasteiger partial charge in [-0.05, 0) is 60.9 Å². The van der Waals surface area contributed by atoms with E-state index >= 15 is 0 Å². The summed E-state index contributed by atoms with van der Waals surface area (Å²) < 4.78 is 0. The van der Waals surface area contributed by atoms with Crippen LogP contribution in [0.25, 0.3) is 11.1 Å². The van der Waals surface area contributed by atoms with Crippen molar-refractivity contribution in [1.82, 2.24) is 25.5 Å². The van der Waals surface area contributed by atoms with Gasteiger partial charge in [-0.25, -0.2) is 4.79 Å². The minimum atomic E-state index is -1.21. The van der Waals surface area contributed by atoms with E-state index in [1.165, 1.54) is 17.0 Å². The van der Waals surface area contributed by atoms with E-state index in [4.69, 9.17) is 4.84 Å². The summed E-state index contributed by atoms with van der Waals surface area (Å²) in [4.78, 5) is 77.1. The molecule has 0 radical (unpaired) electrons. The third kappa shape index (κ3) is 8.22. The molecule has 2 saturated heterocycles. The highest BCUT2D eigenvalue weighted by Gasteiger charge is 2.52. The van der Waals surface area contributed by atoms with Crippen LogP contribution >= 0.6 is 0 Å². The third-order valence-electron chi connectivity index (χ3n) is 9.60. The standard InChI is InChI=1S/C39H47N5O6/c1-27(2)24-34(45)41-33-26-43(35(46)28(3)42(4)50-37(48)30-16-9-6-10-17-30)23-21-39(20-13-22-44(39)36(33)47)38(49)40-25-31-18-11-12-19-32(31)29-14-7-5-8-15-29/h5-12,14-19,27-28,33H,13,20-26H2,1-4H3,(H,40,49)(H,41,45)/t28-,33?,39+/m0/s1. The summed E-state index contributed by atoms with van der Waals surface area (Å²) in [6, 6.07) is 24.3. The van der Waals surface area contributed by atoms with Gasteiger partial charge in [0.2, 0.25) is 23.6 Å². The van der Waals surface area contributed by atoms with E-state index in [-0.39, 0.29) is 50.2 Å². The Bertz CT molecular complexity index is 1680. The average Bonchev–Trinajstić information content (AvgIpc) is 3.55. The molecule has 2 N–H and O–H groups in total. The molecule has 3 aromatic carbocycles. The molecular weight excluding hydrogens is 634 g/mol. The number of nitrogens with one attached hydrogen (secondary N) is 2. The van der Waals surface area contributed by atoms with Crippen molar-refractivity contribution in [1.29, 1.82) is 0 Å². The lowest BCUT2D eigenvalue weighted by atomic mass is 9.88. The fraction of sp³-hybridized carbons (Fsp3) is 0.410. The van der Waals surface area contributed by atoms with Gasteiger partial charge in [0.15, 0.2) is 0 Å². The van der Waals surface area contributed by atoms with Crippen molar-refractivity contribution in [2.75, 3.05) is 26.7 Å². The number of amides is 4. The van der Waals surface area contributed by atoms with Crippen molar-refractivity contribution in [3.63, 3.8) is 0 Å². The van der Waals surface area contributed by atoms with E-state index in [1.807, 2.05) is 68.4 Å². The van der Waals surface area contributed by atoms with Crippen molar-refractivity contribution < 1.29 is 28.8 Å². The largest absolute Gasteiger partial charge is 0.363 e. The molecule has 50 heavy (non-hydrogen) atoms. The first-order valence-electron chi connectivity index (χ1n) is 17.3. The monoisotopic (exact) mass is 681 g/mol. The summed E-state index contributed by atoms with van der Waals surface area (Å²) >= 11 is 0. The van der Waals surface area contributed by atoms with Crippen LogP contribution in [-0.2, 0) is 30.6 Å². The van der Waals surface area contributed by atoms with Gasteiger partial charge in [-0.15, -0.1) is 5.06 Å². The molecule has 2 fully saturated rings. The molecule has 11 nitrogen and oxygen atoms in total. The summed E-state index contributed by atoms with van der Waals surface area (Å²) in [5.74, 6) is -1.95. The molecule has 0 saturated carbocycles. The molecule has 4 amide bonds. The normalized spacial score (nSPS) is 19.7. The number of hydrogen-bond donors (Lipinski definition) is 2. The highest BCUT2D eigenvalue weighted by molar-refractivity contribution is 5.96. The molecule has 0 bridgehead atoms. The SMILES string of the molecule is CC(C)CC(=O)NC1CN(C(=O)[C@H](C)N(C)OC(=O)c2ccccc2)CC[C@@]2(C(=O)NCc3ccccc3-c3ccccc3)CCCN2C1=O. The van der Waals surface area contributed by atoms with E-state index in [1.54, 1.807) is 42.2 Å². The minimum absolute atomic E-state index is 0.0554. The van der Waals surface area contributed by atoms with E-state index in [0.717, 1.165) is 16.7 Å². The highest BCUT2D eigenvalue weighted by Crippen LogP contribution is 2.36. The van der Waals surface area contributed by atoms with Crippen LogP contribution in [0.1, 0.15) is 62.4 Å². The van der Waals surface area contributed by atoms with Crippen molar-refractivity contribution in [3.05, 3.63) is 96.1 Å². The number of benzene rings is 3. The first kappa shape index (κ1) is 36.3. The summed E-state index contributed by atoms with van der Waals surface area (Å²) in [5.41, 5.74) is 2.08. The number of nitrogens with zero attached hydrogens (tertiary/aromatic N) is 3. The zero-order chi connectivity index (χ0) is 35.8. The predicted octanol–water partition coefficient (Wildman–Crippen LogP) is 4.19. The molecule has 1 unspecified atom stereocenters. The number of rotatable bonds is 11. The van der Waals surface area contributed by atoms with Gasteiger partial charge >= 0.3 is 5.97 Å². The Hall–Kier alpha value is -5.03. The van der Waals surface area contributed by atoms with Crippen molar-refractivity contribution in [2.45, 2.75) is 70.6 Å². The maximum atomic E-state index is 14.3. The Balaban J connectivity index is 1.38. The van der Waals surface area contributed by atoms with Crippen LogP contribution in [0.15, 0.2) is 84.9 Å². The average molecular weight is 682 g/mol. The molecule has 264 valence electrons. The van der Waals surface area contributed by atoms with Crippen molar-refractivity contribution in [2.24, 2.45) is 5.92 Å². The molecule has 3 atom stereocenters. The van der Waals surface area contributed by atoms with Gasteiger partial charge in [0.05, 0.1) is 5.56 Å². The second-order valence-corrected chi connectivity index (χ2v) is 13.6. The number of hydroxylamine groups is 2. The van der Waals surface area contributed by atoms with Gasteiger partial charge in [-0.3, -0.25) is 19.2 Å². The van der Waals surface area contributed by atoms with Gasteiger partial charge in [-0.1, -0.05) is 86.6 Å². The molecule has 2 heterocycles. The van der Waals surface area contributed by atoms with Gasteiger partial charge in [0.25, 0.3) is 0 Å². The van der Waals surface area contributed by atoms with E-state index in [2.05, 4.69) is 10.6 Å². The molecule has 5 rings (SSSR count). The quantitative estimate of drug-likeness (QED) is 0.291. The second kappa shape index (κ2) is 16.1. The highest BCUT2D eigenvalue weighted by atomic mass is 16.7. The van der Waals surface area contributed by atoms with Gasteiger partial charge < -0.3 is 25.3 Å². The zero-order valence-corrected chi connectivity index (χ0v) is 29.3. The molecule has 2 aliphatic heterocycles. The summed E-state index contributed by atoms with van der Waals surface area (Å²) in [7, 11) is 1.50. The van der Waals surface area contributed by atoms with Crippen molar-refractivity contribution >= 4 is 29.6 Å². The Labute approximate surface area is 293 Å². The molecule has 3 aromatic rings. The van der Waals surface area contributed by atoms with Crippen molar-refractivity contribution in [3.8, 4) is 11.1 Å². The van der Waals surface area contributed by atoms with Gasteiger partial charge in [0.1, 0.15) is 17.6 Å². The zero-order valence-electron chi connectivity index (χ0n) is 29.3. The predicted molar refractivity (Wildman–Crippen MR) is 189 cm³/mol. The molecule has 0 aliphatic carbocycles. The summed E-state index contributed by atoms with van der Waals surface area (Å²) in [6.07, 6.45) is 1.45. The van der Waals surface area contributed by atoms with Gasteiger partial charge in [-0.2, -0.15) is 0 Å². The van der Waals surface area contributed by atoms with Crippen LogP contribution in [0.2, 0.25) is 0 Å². The minimum Gasteiger partial charge on any atom is -0.363 e. The van der Waals surface area contributed by atoms with E-state index in [9.17, 15) is 24.0 Å². The fourth-order valence-electron chi connectivity index (χ4n) is 6.81. The maximum Gasteiger partial charge on any atom is 0.357 e. The number of carbonyl (C=O) groups excluding carboxylic acids is 5. The lowest BCUT2D eigenvalue weighted by Gasteiger charge is -2.44. The lowest BCUT2D eigenvalue weighted by Crippen LogP contribution is -2.66. The fourth-order valence-corrected chi connectivity index (χ4v) is 6.81. The molecule has 0 spiro atoms. The lowest BCUT2D eigenvalue weighted by molar-refractivity contribution is -0.161. The van der Waals surface area contributed by atoms with E-state index in [0.29, 0.717) is 24.9 Å². The number of hydrogen-bond acceptors (Lipinski definition) is 7. The summed E-state index contributed by atoms with van der Waals surface area (Å²) in [6.45, 7) is 6.13. The van der Waals surface area contributed by atoms with Crippen LogP contribution in [-0.4, -0.2) is 88.8 Å². The number of carbonyl (C=O) groups is 5. The molecule has 0 aromatic heterocycles. The Kier molecular flexibility index (Phi) is 11.7. The van der Waals surface area contributed by atoms with E-state index < -0.39 is 35.4 Å². The Morgan fingerprint density at radius 3 is 2.26 bits per heavy atom. The van der Waals surface area contributed by atoms with Crippen LogP contribution in [0, 0.1) is 5.92 Å². The third-order valence-corrected chi connectivity index (χ3v) is 9.60. The maximum absolute atomic E-state index is 14.3. The second-order valence-electron chi connectivity index (χ2n) is 13.6. The first-order valence-corrected chi connectivity index (χ1v) is 17.3. The van der Waals surface area contributed by atoms with Crippen LogP contribution in [0.4, 0.5) is 0 Å². The molecule has 11 heteroatoms. The Morgan fingerprint density at radius 1 is 0.900 bits per heavy atom. The molecule has 2 aliphatic rings. The van der Waals surface area contributed by atoms with Crippen LogP contribution < -0.4 is 10.6 Å². The summed E-state index contributed by atoms with van der Waals surface area (Å²) in [5, 5.41) is 7.19. The number of likely N-dealkylation sites (N-methyl/N-ethyl adjacent to an activating group) is 1. The van der Waals surface area contributed by atoms with Gasteiger partial charge in [0, 0.05) is 39.6 Å². The van der Waals surface area contributed by atoms with Crippen LogP contribution in [0.3, 0.4) is 0 Å². The van der Waals surface area contributed by atoms with Crippen LogP contribution in [0.5, 0.6) is 0 Å². The first-order chi connectivity index (χ1) is 24.0. The smallest absolute Gasteiger partial charge is 0.357 e. The Morgan fingerprint density at radius 2 is 1.56 bits per heavy atom. The number of fused-ring (bicyclic) bond motifs is 1. The topological polar surface area (TPSA) is 128 Å².